The van der Waals surface area contributed by atoms with Crippen molar-refractivity contribution in [2.24, 2.45) is 0 Å². The van der Waals surface area contributed by atoms with E-state index in [1.807, 2.05) is 19.9 Å². The number of aliphatic hydroxyl groups is 1. The molecule has 4 heterocycles. The van der Waals surface area contributed by atoms with E-state index in [2.05, 4.69) is 25.4 Å². The van der Waals surface area contributed by atoms with Crippen LogP contribution in [-0.4, -0.2) is 36.4 Å². The minimum absolute atomic E-state index is 0.0259. The zero-order valence-electron chi connectivity index (χ0n) is 15.5. The van der Waals surface area contributed by atoms with Gasteiger partial charge in [-0.2, -0.15) is 5.10 Å². The molecule has 2 N–H and O–H groups in total. The Balaban J connectivity index is 1.78. The summed E-state index contributed by atoms with van der Waals surface area (Å²) in [6.07, 6.45) is 5.03. The number of hydrogen-bond acceptors (Lipinski definition) is 6. The van der Waals surface area contributed by atoms with E-state index in [1.165, 1.54) is 6.07 Å². The van der Waals surface area contributed by atoms with E-state index in [0.29, 0.717) is 12.2 Å². The molecule has 0 unspecified atom stereocenters. The lowest BCUT2D eigenvalue weighted by molar-refractivity contribution is 0.272. The molecule has 0 amide bonds. The van der Waals surface area contributed by atoms with Gasteiger partial charge >= 0.3 is 0 Å². The average molecular weight is 378 g/mol. The van der Waals surface area contributed by atoms with Crippen LogP contribution in [0.5, 0.6) is 0 Å². The summed E-state index contributed by atoms with van der Waals surface area (Å²) >= 11 is 0. The molecular weight excluding hydrogens is 359 g/mol. The first-order valence-corrected chi connectivity index (χ1v) is 8.85. The van der Waals surface area contributed by atoms with Crippen LogP contribution in [0.15, 0.2) is 42.9 Å². The quantitative estimate of drug-likeness (QED) is 0.553. The molecule has 4 rings (SSSR count). The first-order valence-electron chi connectivity index (χ1n) is 8.85. The van der Waals surface area contributed by atoms with E-state index >= 15 is 0 Å². The maximum Gasteiger partial charge on any atom is 0.151 e. The normalized spacial score (nSPS) is 11.1. The fraction of sp³-hybridized carbons (Fsp3) is 0.200. The number of nitrogens with zero attached hydrogens (tertiary/aromatic N) is 5. The molecule has 142 valence electrons. The first-order chi connectivity index (χ1) is 13.6. The zero-order chi connectivity index (χ0) is 19.7. The Labute approximate surface area is 160 Å². The Kier molecular flexibility index (Phi) is 4.70. The van der Waals surface area contributed by atoms with E-state index in [9.17, 15) is 9.50 Å². The molecule has 0 aliphatic rings. The third-order valence-corrected chi connectivity index (χ3v) is 4.44. The summed E-state index contributed by atoms with van der Waals surface area (Å²) in [6, 6.07) is 6.64. The Hall–Kier alpha value is -3.39. The van der Waals surface area contributed by atoms with E-state index in [0.717, 1.165) is 33.7 Å². The molecule has 0 radical (unpaired) electrons. The average Bonchev–Trinajstić information content (AvgIpc) is 3.10. The maximum atomic E-state index is 14.3. The van der Waals surface area contributed by atoms with Crippen molar-refractivity contribution < 1.29 is 9.50 Å². The molecule has 0 aromatic carbocycles. The van der Waals surface area contributed by atoms with E-state index in [1.54, 1.807) is 35.4 Å². The molecule has 7 nitrogen and oxygen atoms in total. The van der Waals surface area contributed by atoms with Crippen molar-refractivity contribution in [1.82, 2.24) is 24.7 Å². The molecule has 28 heavy (non-hydrogen) atoms. The summed E-state index contributed by atoms with van der Waals surface area (Å²) in [5.74, 6) is -0.416. The minimum atomic E-state index is -0.416. The van der Waals surface area contributed by atoms with Gasteiger partial charge in [-0.25, -0.2) is 9.37 Å². The molecule has 8 heteroatoms. The lowest BCUT2D eigenvalue weighted by Crippen LogP contribution is -2.06. The third-order valence-electron chi connectivity index (χ3n) is 4.44. The topological polar surface area (TPSA) is 88.8 Å². The molecule has 0 spiro atoms. The van der Waals surface area contributed by atoms with E-state index in [4.69, 9.17) is 0 Å². The Morgan fingerprint density at radius 1 is 1.11 bits per heavy atom. The highest BCUT2D eigenvalue weighted by Gasteiger charge is 2.13. The summed E-state index contributed by atoms with van der Waals surface area (Å²) in [7, 11) is 0. The highest BCUT2D eigenvalue weighted by molar-refractivity contribution is 5.90. The zero-order valence-corrected chi connectivity index (χ0v) is 15.5. The van der Waals surface area contributed by atoms with Gasteiger partial charge in [0.15, 0.2) is 5.82 Å². The SMILES string of the molecule is Cc1ccc(F)c(-c2cc(Nc3ccnc4cnn(CCO)c34)c(C)cn2)n1. The number of rotatable bonds is 5. The summed E-state index contributed by atoms with van der Waals surface area (Å²) in [6.45, 7) is 4.07. The van der Waals surface area contributed by atoms with E-state index in [-0.39, 0.29) is 12.3 Å². The number of fused-ring (bicyclic) bond motifs is 1. The van der Waals surface area contributed by atoms with Crippen LogP contribution in [0.25, 0.3) is 22.4 Å². The summed E-state index contributed by atoms with van der Waals surface area (Å²) in [4.78, 5) is 12.9. The number of hydrogen-bond donors (Lipinski definition) is 2. The van der Waals surface area contributed by atoms with Crippen LogP contribution in [0, 0.1) is 19.7 Å². The van der Waals surface area contributed by atoms with Crippen molar-refractivity contribution in [3.63, 3.8) is 0 Å². The molecule has 4 aromatic rings. The third kappa shape index (κ3) is 3.29. The van der Waals surface area contributed by atoms with Crippen molar-refractivity contribution >= 4 is 22.4 Å². The Morgan fingerprint density at radius 3 is 2.79 bits per heavy atom. The van der Waals surface area contributed by atoms with Gasteiger partial charge in [0.2, 0.25) is 0 Å². The van der Waals surface area contributed by atoms with Gasteiger partial charge in [0.05, 0.1) is 30.7 Å². The van der Waals surface area contributed by atoms with Crippen LogP contribution in [-0.2, 0) is 6.54 Å². The fourth-order valence-electron chi connectivity index (χ4n) is 3.04. The molecule has 0 saturated heterocycles. The molecule has 0 aliphatic carbocycles. The second-order valence-electron chi connectivity index (χ2n) is 6.48. The molecule has 0 saturated carbocycles. The Morgan fingerprint density at radius 2 is 1.96 bits per heavy atom. The van der Waals surface area contributed by atoms with Crippen molar-refractivity contribution in [3.8, 4) is 11.4 Å². The van der Waals surface area contributed by atoms with Gasteiger partial charge in [0.1, 0.15) is 16.7 Å². The number of aryl methyl sites for hydroxylation is 2. The summed E-state index contributed by atoms with van der Waals surface area (Å²) in [5.41, 5.74) is 5.35. The number of nitrogens with one attached hydrogen (secondary N) is 1. The number of aromatic nitrogens is 5. The predicted molar refractivity (Wildman–Crippen MR) is 105 cm³/mol. The fourth-order valence-corrected chi connectivity index (χ4v) is 3.04. The minimum Gasteiger partial charge on any atom is -0.394 e. The van der Waals surface area contributed by atoms with Crippen LogP contribution in [0.1, 0.15) is 11.3 Å². The molecule has 0 bridgehead atoms. The second-order valence-corrected chi connectivity index (χ2v) is 6.48. The van der Waals surface area contributed by atoms with Gasteiger partial charge in [-0.05, 0) is 43.7 Å². The second kappa shape index (κ2) is 7.32. The number of aliphatic hydroxyl groups excluding tert-OH is 1. The highest BCUT2D eigenvalue weighted by Crippen LogP contribution is 2.29. The van der Waals surface area contributed by atoms with Gasteiger partial charge in [-0.3, -0.25) is 14.6 Å². The predicted octanol–water partition coefficient (Wildman–Crippen LogP) is 3.38. The lowest BCUT2D eigenvalue weighted by Gasteiger charge is -2.13. The highest BCUT2D eigenvalue weighted by atomic mass is 19.1. The summed E-state index contributed by atoms with van der Waals surface area (Å²) < 4.78 is 16.0. The van der Waals surface area contributed by atoms with Crippen LogP contribution < -0.4 is 5.32 Å². The smallest absolute Gasteiger partial charge is 0.151 e. The molecule has 0 fully saturated rings. The molecule has 0 aliphatic heterocycles. The van der Waals surface area contributed by atoms with Gasteiger partial charge in [-0.1, -0.05) is 0 Å². The molecule has 0 atom stereocenters. The van der Waals surface area contributed by atoms with E-state index < -0.39 is 5.82 Å². The van der Waals surface area contributed by atoms with Crippen LogP contribution in [0.4, 0.5) is 15.8 Å². The first kappa shape index (κ1) is 18.0. The Bertz CT molecular complexity index is 1160. The lowest BCUT2D eigenvalue weighted by atomic mass is 10.1. The largest absolute Gasteiger partial charge is 0.394 e. The van der Waals surface area contributed by atoms with Crippen LogP contribution in [0.2, 0.25) is 0 Å². The van der Waals surface area contributed by atoms with Crippen LogP contribution in [0.3, 0.4) is 0 Å². The standard InChI is InChI=1S/C20H19FN6O/c1-12-10-23-17(19-14(21)4-3-13(2)25-19)9-16(12)26-15-5-6-22-18-11-24-27(7-8-28)20(15)18/h3-6,9-11,28H,7-8H2,1-2H3,(H,22,23,26). The molecular formula is C20H19FN6O. The van der Waals surface area contributed by atoms with Crippen molar-refractivity contribution in [3.05, 3.63) is 59.9 Å². The van der Waals surface area contributed by atoms with Gasteiger partial charge in [0, 0.05) is 23.8 Å². The summed E-state index contributed by atoms with van der Waals surface area (Å²) in [5, 5.41) is 16.9. The monoisotopic (exact) mass is 378 g/mol. The van der Waals surface area contributed by atoms with Gasteiger partial charge in [0.25, 0.3) is 0 Å². The van der Waals surface area contributed by atoms with Gasteiger partial charge < -0.3 is 10.4 Å². The number of pyridine rings is 3. The van der Waals surface area contributed by atoms with Gasteiger partial charge in [-0.15, -0.1) is 0 Å². The van der Waals surface area contributed by atoms with Crippen molar-refractivity contribution in [2.75, 3.05) is 11.9 Å². The van der Waals surface area contributed by atoms with Crippen molar-refractivity contribution in [1.29, 1.82) is 0 Å². The van der Waals surface area contributed by atoms with Crippen LogP contribution >= 0.6 is 0 Å². The number of halogens is 1. The van der Waals surface area contributed by atoms with Crippen molar-refractivity contribution in [2.45, 2.75) is 20.4 Å². The molecule has 4 aromatic heterocycles. The maximum absolute atomic E-state index is 14.3. The number of anilines is 2.